The van der Waals surface area contributed by atoms with Gasteiger partial charge in [-0.15, -0.1) is 0 Å². The summed E-state index contributed by atoms with van der Waals surface area (Å²) in [7, 11) is 0. The molecule has 0 atom stereocenters. The molecule has 3 N–H and O–H groups in total. The smallest absolute Gasteiger partial charge is 0.315 e. The highest BCUT2D eigenvalue weighted by molar-refractivity contribution is 5.74. The summed E-state index contributed by atoms with van der Waals surface area (Å²) in [5, 5.41) is 9.74. The molecule has 0 bridgehead atoms. The van der Waals surface area contributed by atoms with Crippen LogP contribution in [-0.4, -0.2) is 34.2 Å². The molecule has 27 heavy (non-hydrogen) atoms. The van der Waals surface area contributed by atoms with Crippen molar-refractivity contribution in [3.63, 3.8) is 0 Å². The Labute approximate surface area is 162 Å². The minimum Gasteiger partial charge on any atom is -0.474 e. The van der Waals surface area contributed by atoms with E-state index in [1.54, 1.807) is 6.20 Å². The number of nitrogens with one attached hydrogen (secondary N) is 3. The molecule has 2 heterocycles. The zero-order valence-corrected chi connectivity index (χ0v) is 17.1. The van der Waals surface area contributed by atoms with Crippen molar-refractivity contribution in [2.75, 3.05) is 0 Å². The highest BCUT2D eigenvalue weighted by Gasteiger charge is 2.38. The molecular weight excluding hydrogens is 340 g/mol. The molecule has 2 fully saturated rings. The van der Waals surface area contributed by atoms with Gasteiger partial charge in [0.05, 0.1) is 0 Å². The number of rotatable bonds is 5. The second-order valence-electron chi connectivity index (χ2n) is 9.35. The Hall–Kier alpha value is -1.82. The summed E-state index contributed by atoms with van der Waals surface area (Å²) in [4.78, 5) is 16.7. The molecule has 0 unspecified atom stereocenters. The lowest BCUT2D eigenvalue weighted by Crippen LogP contribution is -2.62. The van der Waals surface area contributed by atoms with Gasteiger partial charge in [-0.05, 0) is 77.8 Å². The van der Waals surface area contributed by atoms with Crippen LogP contribution < -0.4 is 20.7 Å². The van der Waals surface area contributed by atoms with E-state index < -0.39 is 0 Å². The average Bonchev–Trinajstić information content (AvgIpc) is 3.03. The summed E-state index contributed by atoms with van der Waals surface area (Å²) >= 11 is 0. The lowest BCUT2D eigenvalue weighted by molar-refractivity contribution is 0.147. The molecule has 2 aliphatic rings. The molecule has 6 nitrogen and oxygen atoms in total. The Balaban J connectivity index is 1.49. The first kappa shape index (κ1) is 19.9. The van der Waals surface area contributed by atoms with E-state index >= 15 is 0 Å². The van der Waals surface area contributed by atoms with Crippen LogP contribution in [0.5, 0.6) is 5.88 Å². The summed E-state index contributed by atoms with van der Waals surface area (Å²) in [6.07, 6.45) is 8.54. The molecular formula is C21H34N4O2. The first-order chi connectivity index (χ1) is 12.7. The molecule has 1 aliphatic carbocycles. The van der Waals surface area contributed by atoms with E-state index in [0.29, 0.717) is 12.4 Å². The number of piperidine rings is 1. The van der Waals surface area contributed by atoms with Crippen LogP contribution in [0.3, 0.4) is 0 Å². The minimum atomic E-state index is -0.122. The molecule has 0 radical (unpaired) electrons. The van der Waals surface area contributed by atoms with Gasteiger partial charge >= 0.3 is 6.03 Å². The third-order valence-electron chi connectivity index (χ3n) is 5.37. The van der Waals surface area contributed by atoms with Crippen molar-refractivity contribution in [3.05, 3.63) is 23.9 Å². The van der Waals surface area contributed by atoms with Crippen LogP contribution in [0, 0.1) is 0 Å². The van der Waals surface area contributed by atoms with Gasteiger partial charge in [0.15, 0.2) is 0 Å². The van der Waals surface area contributed by atoms with Crippen molar-refractivity contribution in [3.8, 4) is 5.88 Å². The summed E-state index contributed by atoms with van der Waals surface area (Å²) in [5.41, 5.74) is 1.02. The number of carbonyl (C=O) groups is 1. The molecule has 0 aromatic carbocycles. The molecule has 1 aromatic heterocycles. The Morgan fingerprint density at radius 2 is 1.89 bits per heavy atom. The highest BCUT2D eigenvalue weighted by atomic mass is 16.5. The van der Waals surface area contributed by atoms with Gasteiger partial charge in [-0.1, -0.05) is 0 Å². The van der Waals surface area contributed by atoms with Crippen LogP contribution in [0.1, 0.15) is 71.8 Å². The van der Waals surface area contributed by atoms with Crippen molar-refractivity contribution >= 4 is 6.03 Å². The van der Waals surface area contributed by atoms with Crippen molar-refractivity contribution in [2.45, 2.75) is 96.0 Å². The van der Waals surface area contributed by atoms with Gasteiger partial charge in [0.25, 0.3) is 0 Å². The monoisotopic (exact) mass is 374 g/mol. The van der Waals surface area contributed by atoms with E-state index in [1.165, 1.54) is 12.8 Å². The lowest BCUT2D eigenvalue weighted by atomic mass is 9.80. The summed E-state index contributed by atoms with van der Waals surface area (Å²) in [6, 6.07) is 3.88. The van der Waals surface area contributed by atoms with Crippen molar-refractivity contribution in [1.82, 2.24) is 20.9 Å². The summed E-state index contributed by atoms with van der Waals surface area (Å²) < 4.78 is 5.94. The molecule has 150 valence electrons. The standard InChI is InChI=1S/C21H34N4O2/c1-20(2)12-16(13-21(3,4)25-20)24-19(26)23-14-15-9-10-22-18(11-15)27-17-7-5-6-8-17/h9-11,16-17,25H,5-8,12-14H2,1-4H3,(H2,23,24,26). The Morgan fingerprint density at radius 1 is 1.22 bits per heavy atom. The van der Waals surface area contributed by atoms with E-state index in [1.807, 2.05) is 12.1 Å². The fourth-order valence-electron chi connectivity index (χ4n) is 4.64. The van der Waals surface area contributed by atoms with Crippen LogP contribution in [0.15, 0.2) is 18.3 Å². The van der Waals surface area contributed by atoms with Gasteiger partial charge in [0.1, 0.15) is 6.10 Å². The van der Waals surface area contributed by atoms with Crippen LogP contribution >= 0.6 is 0 Å². The lowest BCUT2D eigenvalue weighted by Gasteiger charge is -2.46. The molecule has 1 saturated heterocycles. The van der Waals surface area contributed by atoms with Crippen molar-refractivity contribution in [2.24, 2.45) is 0 Å². The van der Waals surface area contributed by atoms with Gasteiger partial charge in [0, 0.05) is 35.9 Å². The maximum atomic E-state index is 12.4. The fraction of sp³-hybridized carbons (Fsp3) is 0.714. The number of hydrogen-bond donors (Lipinski definition) is 3. The van der Waals surface area contributed by atoms with E-state index in [9.17, 15) is 4.79 Å². The number of hydrogen-bond acceptors (Lipinski definition) is 4. The van der Waals surface area contributed by atoms with Gasteiger partial charge in [0.2, 0.25) is 5.88 Å². The minimum absolute atomic E-state index is 0.0112. The normalized spacial score (nSPS) is 22.4. The Kier molecular flexibility index (Phi) is 5.94. The topological polar surface area (TPSA) is 75.3 Å². The molecule has 1 aliphatic heterocycles. The predicted molar refractivity (Wildman–Crippen MR) is 107 cm³/mol. The van der Waals surface area contributed by atoms with E-state index in [-0.39, 0.29) is 29.3 Å². The quantitative estimate of drug-likeness (QED) is 0.737. The molecule has 6 heteroatoms. The predicted octanol–water partition coefficient (Wildman–Crippen LogP) is 3.51. The van der Waals surface area contributed by atoms with Crippen LogP contribution in [0.2, 0.25) is 0 Å². The zero-order chi connectivity index (χ0) is 19.5. The number of amides is 2. The summed E-state index contributed by atoms with van der Waals surface area (Å²) in [6.45, 7) is 9.20. The highest BCUT2D eigenvalue weighted by Crippen LogP contribution is 2.28. The van der Waals surface area contributed by atoms with Crippen LogP contribution in [-0.2, 0) is 6.54 Å². The number of carbonyl (C=O) groups excluding carboxylic acids is 1. The molecule has 1 aromatic rings. The Morgan fingerprint density at radius 3 is 2.56 bits per heavy atom. The SMILES string of the molecule is CC1(C)CC(NC(=O)NCc2ccnc(OC3CCCC3)c2)CC(C)(C)N1. The number of nitrogens with zero attached hydrogens (tertiary/aromatic N) is 1. The van der Waals surface area contributed by atoms with Crippen molar-refractivity contribution in [1.29, 1.82) is 0 Å². The van der Waals surface area contributed by atoms with Gasteiger partial charge in [-0.2, -0.15) is 0 Å². The van der Waals surface area contributed by atoms with Gasteiger partial charge in [-0.3, -0.25) is 0 Å². The molecule has 0 spiro atoms. The van der Waals surface area contributed by atoms with Gasteiger partial charge in [-0.25, -0.2) is 9.78 Å². The van der Waals surface area contributed by atoms with Crippen LogP contribution in [0.4, 0.5) is 4.79 Å². The maximum Gasteiger partial charge on any atom is 0.315 e. The second kappa shape index (κ2) is 8.05. The van der Waals surface area contributed by atoms with Crippen molar-refractivity contribution < 1.29 is 9.53 Å². The number of urea groups is 1. The maximum absolute atomic E-state index is 12.4. The number of ether oxygens (including phenoxy) is 1. The fourth-order valence-corrected chi connectivity index (χ4v) is 4.64. The second-order valence-corrected chi connectivity index (χ2v) is 9.35. The largest absolute Gasteiger partial charge is 0.474 e. The summed E-state index contributed by atoms with van der Waals surface area (Å²) in [5.74, 6) is 0.656. The van der Waals surface area contributed by atoms with E-state index in [0.717, 1.165) is 31.2 Å². The van der Waals surface area contributed by atoms with Gasteiger partial charge < -0.3 is 20.7 Å². The third-order valence-corrected chi connectivity index (χ3v) is 5.37. The van der Waals surface area contributed by atoms with E-state index in [2.05, 4.69) is 48.6 Å². The zero-order valence-electron chi connectivity index (χ0n) is 17.1. The number of aromatic nitrogens is 1. The molecule has 2 amide bonds. The first-order valence-electron chi connectivity index (χ1n) is 10.2. The molecule has 1 saturated carbocycles. The van der Waals surface area contributed by atoms with E-state index in [4.69, 9.17) is 4.74 Å². The first-order valence-corrected chi connectivity index (χ1v) is 10.2. The number of pyridine rings is 1. The average molecular weight is 375 g/mol. The third kappa shape index (κ3) is 6.09. The Bertz CT molecular complexity index is 637. The van der Waals surface area contributed by atoms with Crippen LogP contribution in [0.25, 0.3) is 0 Å². The molecule has 3 rings (SSSR count).